The maximum Gasteiger partial charge on any atom is 0.308 e. The molecule has 156 valence electrons. The van der Waals surface area contributed by atoms with Gasteiger partial charge in [-0.3, -0.25) is 24.0 Å². The standard InChI is InChI=1S/C21H20N2O6S/c1-20(2,3)29-13(24)8-12-18(27)23-21(19(28)22-12)9-30-17-14(21)15(25)10-6-4-5-7-11(10)16(17)26/h4-7,12H,8-9H2,1-3H3,(H,22,28)(H,23,27)/t12-,21-/m0/s1. The Bertz CT molecular complexity index is 1050. The number of rotatable bonds is 2. The van der Waals surface area contributed by atoms with E-state index in [9.17, 15) is 24.0 Å². The molecule has 30 heavy (non-hydrogen) atoms. The second-order valence-electron chi connectivity index (χ2n) is 8.41. The van der Waals surface area contributed by atoms with Crippen molar-refractivity contribution in [2.45, 2.75) is 44.4 Å². The minimum absolute atomic E-state index is 0.00207. The number of esters is 1. The van der Waals surface area contributed by atoms with E-state index in [1.807, 2.05) is 0 Å². The molecule has 0 bridgehead atoms. The summed E-state index contributed by atoms with van der Waals surface area (Å²) in [7, 11) is 0. The molecule has 2 N–H and O–H groups in total. The molecule has 0 saturated carbocycles. The molecule has 3 aliphatic rings. The first kappa shape index (κ1) is 20.3. The first-order valence-corrected chi connectivity index (χ1v) is 10.4. The number of nitrogens with one attached hydrogen (secondary N) is 2. The summed E-state index contributed by atoms with van der Waals surface area (Å²) in [6.45, 7) is 5.10. The first-order valence-electron chi connectivity index (χ1n) is 9.44. The van der Waals surface area contributed by atoms with Gasteiger partial charge in [-0.05, 0) is 20.8 Å². The number of hydrogen-bond donors (Lipinski definition) is 2. The fourth-order valence-electron chi connectivity index (χ4n) is 3.80. The van der Waals surface area contributed by atoms with E-state index in [4.69, 9.17) is 4.74 Å². The van der Waals surface area contributed by atoms with Crippen molar-refractivity contribution in [3.63, 3.8) is 0 Å². The monoisotopic (exact) mass is 428 g/mol. The van der Waals surface area contributed by atoms with E-state index in [1.54, 1.807) is 39.0 Å². The summed E-state index contributed by atoms with van der Waals surface area (Å²) in [4.78, 5) is 64.1. The number of allylic oxidation sites excluding steroid dienone is 1. The van der Waals surface area contributed by atoms with Gasteiger partial charge < -0.3 is 15.4 Å². The molecule has 1 aromatic carbocycles. The fourth-order valence-corrected chi connectivity index (χ4v) is 5.16. The number of ether oxygens (including phenoxy) is 1. The van der Waals surface area contributed by atoms with Crippen LogP contribution in [0.3, 0.4) is 0 Å². The van der Waals surface area contributed by atoms with Gasteiger partial charge >= 0.3 is 5.97 Å². The molecule has 9 heteroatoms. The van der Waals surface area contributed by atoms with Gasteiger partial charge in [-0.2, -0.15) is 0 Å². The summed E-state index contributed by atoms with van der Waals surface area (Å²) in [5, 5.41) is 5.18. The highest BCUT2D eigenvalue weighted by Gasteiger charge is 2.58. The van der Waals surface area contributed by atoms with Crippen molar-refractivity contribution in [2.75, 3.05) is 5.75 Å². The van der Waals surface area contributed by atoms with Crippen LogP contribution in [0.2, 0.25) is 0 Å². The maximum atomic E-state index is 13.2. The number of piperazine rings is 1. The quantitative estimate of drug-likeness (QED) is 0.679. The SMILES string of the molecule is CC(C)(C)OC(=O)C[C@@H]1NC(=O)[C@@]2(CSC3=C2C(=O)c2ccccc2C3=O)NC1=O. The molecule has 2 atom stereocenters. The van der Waals surface area contributed by atoms with E-state index >= 15 is 0 Å². The normalized spacial score (nSPS) is 25.6. The summed E-state index contributed by atoms with van der Waals surface area (Å²) in [5.74, 6) is -2.61. The lowest BCUT2D eigenvalue weighted by atomic mass is 9.78. The zero-order valence-corrected chi connectivity index (χ0v) is 17.5. The van der Waals surface area contributed by atoms with Crippen LogP contribution in [-0.2, 0) is 19.1 Å². The molecule has 1 spiro atoms. The molecule has 1 aromatic rings. The summed E-state index contributed by atoms with van der Waals surface area (Å²) in [6.07, 6.45) is -0.334. The molecule has 2 amide bonds. The number of hydrogen-bond acceptors (Lipinski definition) is 7. The average Bonchev–Trinajstić information content (AvgIpc) is 3.03. The lowest BCUT2D eigenvalue weighted by molar-refractivity contribution is -0.157. The van der Waals surface area contributed by atoms with Crippen molar-refractivity contribution >= 4 is 41.1 Å². The van der Waals surface area contributed by atoms with Crippen molar-refractivity contribution in [3.8, 4) is 0 Å². The summed E-state index contributed by atoms with van der Waals surface area (Å²) < 4.78 is 5.21. The van der Waals surface area contributed by atoms with Crippen molar-refractivity contribution in [1.82, 2.24) is 10.6 Å². The third-order valence-corrected chi connectivity index (χ3v) is 6.33. The molecule has 8 nitrogen and oxygen atoms in total. The van der Waals surface area contributed by atoms with Gasteiger partial charge in [0, 0.05) is 16.9 Å². The second-order valence-corrected chi connectivity index (χ2v) is 9.39. The number of benzene rings is 1. The van der Waals surface area contributed by atoms with Gasteiger partial charge in [0.15, 0.2) is 11.3 Å². The third-order valence-electron chi connectivity index (χ3n) is 5.07. The Morgan fingerprint density at radius 3 is 2.40 bits per heavy atom. The van der Waals surface area contributed by atoms with Crippen molar-refractivity contribution in [3.05, 3.63) is 45.9 Å². The summed E-state index contributed by atoms with van der Waals surface area (Å²) >= 11 is 1.08. The molecule has 1 aliphatic carbocycles. The van der Waals surface area contributed by atoms with Crippen LogP contribution in [-0.4, -0.2) is 52.3 Å². The molecular weight excluding hydrogens is 408 g/mol. The molecule has 2 heterocycles. The Morgan fingerprint density at radius 2 is 1.77 bits per heavy atom. The number of fused-ring (bicyclic) bond motifs is 2. The Kier molecular flexibility index (Phi) is 4.61. The zero-order chi connectivity index (χ0) is 21.8. The van der Waals surface area contributed by atoms with Crippen molar-refractivity contribution in [1.29, 1.82) is 0 Å². The van der Waals surface area contributed by atoms with Gasteiger partial charge in [-0.15, -0.1) is 11.8 Å². The van der Waals surface area contributed by atoms with Crippen LogP contribution in [0.5, 0.6) is 0 Å². The Labute approximate surface area is 176 Å². The van der Waals surface area contributed by atoms with E-state index in [1.165, 1.54) is 6.07 Å². The van der Waals surface area contributed by atoms with Crippen LogP contribution >= 0.6 is 11.8 Å². The van der Waals surface area contributed by atoms with Crippen molar-refractivity contribution < 1.29 is 28.7 Å². The highest BCUT2D eigenvalue weighted by atomic mass is 32.2. The molecule has 0 radical (unpaired) electrons. The van der Waals surface area contributed by atoms with E-state index < -0.39 is 40.7 Å². The first-order chi connectivity index (χ1) is 14.0. The van der Waals surface area contributed by atoms with Gasteiger partial charge in [0.05, 0.1) is 16.9 Å². The van der Waals surface area contributed by atoms with Crippen LogP contribution in [0, 0.1) is 0 Å². The lowest BCUT2D eigenvalue weighted by Gasteiger charge is -2.38. The molecule has 0 aromatic heterocycles. The minimum atomic E-state index is -1.64. The Morgan fingerprint density at radius 1 is 1.13 bits per heavy atom. The fraction of sp³-hybridized carbons (Fsp3) is 0.381. The number of ketones is 2. The van der Waals surface area contributed by atoms with Crippen molar-refractivity contribution in [2.24, 2.45) is 0 Å². The minimum Gasteiger partial charge on any atom is -0.460 e. The summed E-state index contributed by atoms with van der Waals surface area (Å²) in [6, 6.07) is 5.29. The highest BCUT2D eigenvalue weighted by Crippen LogP contribution is 2.46. The molecule has 4 rings (SSSR count). The van der Waals surface area contributed by atoms with Gasteiger partial charge in [0.2, 0.25) is 11.7 Å². The predicted molar refractivity (Wildman–Crippen MR) is 108 cm³/mol. The summed E-state index contributed by atoms with van der Waals surface area (Å²) in [5.41, 5.74) is -1.87. The molecule has 0 unspecified atom stereocenters. The van der Waals surface area contributed by atoms with E-state index in [-0.39, 0.29) is 39.6 Å². The third kappa shape index (κ3) is 3.13. The average molecular weight is 428 g/mol. The van der Waals surface area contributed by atoms with E-state index in [2.05, 4.69) is 10.6 Å². The topological polar surface area (TPSA) is 119 Å². The molecule has 2 aliphatic heterocycles. The van der Waals surface area contributed by atoms with Crippen LogP contribution < -0.4 is 10.6 Å². The van der Waals surface area contributed by atoms with Gasteiger partial charge in [-0.25, -0.2) is 0 Å². The molecule has 1 fully saturated rings. The number of carbonyl (C=O) groups excluding carboxylic acids is 5. The Balaban J connectivity index is 1.62. The van der Waals surface area contributed by atoms with E-state index in [0.717, 1.165) is 11.8 Å². The van der Waals surface area contributed by atoms with Crippen LogP contribution in [0.4, 0.5) is 0 Å². The number of amides is 2. The van der Waals surface area contributed by atoms with Crippen LogP contribution in [0.25, 0.3) is 0 Å². The Hall–Kier alpha value is -2.94. The molecule has 1 saturated heterocycles. The van der Waals surface area contributed by atoms with Gasteiger partial charge in [0.1, 0.15) is 11.6 Å². The largest absolute Gasteiger partial charge is 0.460 e. The maximum absolute atomic E-state index is 13.2. The van der Waals surface area contributed by atoms with Gasteiger partial charge in [0.25, 0.3) is 5.91 Å². The smallest absolute Gasteiger partial charge is 0.308 e. The van der Waals surface area contributed by atoms with E-state index in [0.29, 0.717) is 0 Å². The number of Topliss-reactive ketones (excluding diaryl/α,β-unsaturated/α-hetero) is 2. The number of carbonyl (C=O) groups is 5. The molecular formula is C21H20N2O6S. The zero-order valence-electron chi connectivity index (χ0n) is 16.7. The number of thioether (sulfide) groups is 1. The highest BCUT2D eigenvalue weighted by molar-refractivity contribution is 8.04. The van der Waals surface area contributed by atoms with Crippen LogP contribution in [0.1, 0.15) is 47.9 Å². The van der Waals surface area contributed by atoms with Gasteiger partial charge in [-0.1, -0.05) is 24.3 Å². The second kappa shape index (κ2) is 6.80. The van der Waals surface area contributed by atoms with Crippen LogP contribution in [0.15, 0.2) is 34.7 Å². The predicted octanol–water partition coefficient (Wildman–Crippen LogP) is 1.15. The lowest BCUT2D eigenvalue weighted by Crippen LogP contribution is -2.71.